The van der Waals surface area contributed by atoms with Gasteiger partial charge in [-0.2, -0.15) is 12.2 Å². The summed E-state index contributed by atoms with van der Waals surface area (Å²) in [5, 5.41) is 0. The molecule has 0 aliphatic heterocycles. The van der Waals surface area contributed by atoms with E-state index in [0.717, 1.165) is 7.78 Å². The summed E-state index contributed by atoms with van der Waals surface area (Å²) in [6.45, 7) is 2.17. The molecule has 0 aliphatic rings. The van der Waals surface area contributed by atoms with Gasteiger partial charge in [0.15, 0.2) is 0 Å². The molecule has 0 heterocycles. The maximum Gasteiger partial charge on any atom is -0.0266 e. The minimum Gasteiger partial charge on any atom is -0.155 e. The molecule has 0 radical (unpaired) electrons. The lowest BCUT2D eigenvalue weighted by Crippen LogP contribution is -1.58. The lowest BCUT2D eigenvalue weighted by Gasteiger charge is -1.79. The molecular weight excluding hydrogens is 99.1 g/mol. The van der Waals surface area contributed by atoms with Crippen LogP contribution in [0.3, 0.4) is 0 Å². The second kappa shape index (κ2) is 4.78. The van der Waals surface area contributed by atoms with E-state index in [-0.39, 0.29) is 0 Å². The molecule has 0 rings (SSSR count). The molecule has 0 nitrogen and oxygen atoms in total. The maximum atomic E-state index is 4.03. The van der Waals surface area contributed by atoms with Crippen molar-refractivity contribution in [3.05, 3.63) is 0 Å². The van der Waals surface area contributed by atoms with Gasteiger partial charge in [0.25, 0.3) is 0 Å². The Balaban J connectivity index is 2.19. The van der Waals surface area contributed by atoms with Crippen molar-refractivity contribution in [2.24, 2.45) is 0 Å². The van der Waals surface area contributed by atoms with Gasteiger partial charge in [0.2, 0.25) is 0 Å². The van der Waals surface area contributed by atoms with E-state index in [1.54, 1.807) is 0 Å². The Kier molecular flexibility index (Phi) is 5.53. The Morgan fingerprint density at radius 3 is 2.40 bits per heavy atom. The van der Waals surface area contributed by atoms with E-state index in [4.69, 9.17) is 0 Å². The van der Waals surface area contributed by atoms with Crippen LogP contribution in [0.15, 0.2) is 0 Å². The molecule has 0 bridgehead atoms. The molecule has 0 saturated carbocycles. The quantitative estimate of drug-likeness (QED) is 0.405. The van der Waals surface area contributed by atoms with Crippen LogP contribution in [0.5, 0.6) is 0 Å². The summed E-state index contributed by atoms with van der Waals surface area (Å²) < 4.78 is 0. The van der Waals surface area contributed by atoms with Crippen molar-refractivity contribution in [2.75, 3.05) is 6.16 Å². The van der Waals surface area contributed by atoms with Crippen molar-refractivity contribution in [1.82, 2.24) is 0 Å². The molecule has 0 aromatic heterocycles. The standard InChI is InChI=1S/C3H9PS/c1-2-3-4-5/h4-5H,2-3H2,1H3. The first-order valence-corrected chi connectivity index (χ1v) is 4.28. The Bertz CT molecular complexity index is 14.4. The van der Waals surface area contributed by atoms with Gasteiger partial charge in [-0.05, 0) is 6.16 Å². The highest BCUT2D eigenvalue weighted by molar-refractivity contribution is 8.38. The van der Waals surface area contributed by atoms with E-state index in [1.807, 2.05) is 0 Å². The molecule has 0 aromatic rings. The highest BCUT2D eigenvalue weighted by Gasteiger charge is 1.68. The van der Waals surface area contributed by atoms with Crippen LogP contribution in [0.25, 0.3) is 0 Å². The van der Waals surface area contributed by atoms with Gasteiger partial charge in [0.05, 0.1) is 0 Å². The first kappa shape index (κ1) is 5.78. The van der Waals surface area contributed by atoms with Crippen LogP contribution in [0, 0.1) is 0 Å². The fourth-order valence-electron chi connectivity index (χ4n) is 0.112. The summed E-state index contributed by atoms with van der Waals surface area (Å²) in [6.07, 6.45) is 2.56. The van der Waals surface area contributed by atoms with Crippen LogP contribution in [0.4, 0.5) is 0 Å². The van der Waals surface area contributed by atoms with Crippen LogP contribution < -0.4 is 0 Å². The van der Waals surface area contributed by atoms with Crippen LogP contribution in [-0.2, 0) is 0 Å². The van der Waals surface area contributed by atoms with Gasteiger partial charge >= 0.3 is 0 Å². The second-order valence-corrected chi connectivity index (χ2v) is 2.67. The van der Waals surface area contributed by atoms with Crippen molar-refractivity contribution in [3.8, 4) is 0 Å². The van der Waals surface area contributed by atoms with Gasteiger partial charge in [0, 0.05) is 0 Å². The van der Waals surface area contributed by atoms with Crippen LogP contribution in [-0.4, -0.2) is 6.16 Å². The van der Waals surface area contributed by atoms with E-state index in [1.165, 1.54) is 12.6 Å². The topological polar surface area (TPSA) is 0 Å². The number of hydrogen-bond donors (Lipinski definition) is 1. The minimum absolute atomic E-state index is 0.852. The molecule has 1 atom stereocenters. The van der Waals surface area contributed by atoms with Crippen LogP contribution >= 0.6 is 20.0 Å². The molecule has 0 aliphatic carbocycles. The zero-order valence-corrected chi connectivity index (χ0v) is 5.26. The Hall–Kier alpha value is 0.780. The third kappa shape index (κ3) is 4.78. The highest BCUT2D eigenvalue weighted by atomic mass is 32.7. The Morgan fingerprint density at radius 2 is 2.40 bits per heavy atom. The highest BCUT2D eigenvalue weighted by Crippen LogP contribution is 2.14. The van der Waals surface area contributed by atoms with Gasteiger partial charge in [-0.3, -0.25) is 0 Å². The smallest absolute Gasteiger partial charge is 0.0266 e. The molecule has 0 amide bonds. The summed E-state index contributed by atoms with van der Waals surface area (Å²) in [6, 6.07) is 0. The fraction of sp³-hybridized carbons (Fsp3) is 1.00. The average molecular weight is 108 g/mol. The Labute approximate surface area is 40.3 Å². The summed E-state index contributed by atoms with van der Waals surface area (Å²) in [5.74, 6) is 0. The third-order valence-corrected chi connectivity index (χ3v) is 1.76. The van der Waals surface area contributed by atoms with Crippen molar-refractivity contribution >= 4 is 20.0 Å². The molecular formula is C3H9PS. The maximum absolute atomic E-state index is 4.03. The van der Waals surface area contributed by atoms with Gasteiger partial charge in [0.1, 0.15) is 0 Å². The van der Waals surface area contributed by atoms with Gasteiger partial charge in [-0.1, -0.05) is 21.1 Å². The van der Waals surface area contributed by atoms with Crippen molar-refractivity contribution in [2.45, 2.75) is 13.3 Å². The van der Waals surface area contributed by atoms with Crippen molar-refractivity contribution in [3.63, 3.8) is 0 Å². The zero-order valence-electron chi connectivity index (χ0n) is 3.36. The number of hydrogen-bond acceptors (Lipinski definition) is 1. The zero-order chi connectivity index (χ0) is 4.12. The van der Waals surface area contributed by atoms with Gasteiger partial charge in [-0.15, -0.1) is 0 Å². The predicted octanol–water partition coefficient (Wildman–Crippen LogP) is 1.92. The van der Waals surface area contributed by atoms with E-state index >= 15 is 0 Å². The first-order chi connectivity index (χ1) is 2.41. The molecule has 2 heteroatoms. The molecule has 0 aromatic carbocycles. The van der Waals surface area contributed by atoms with Crippen LogP contribution in [0.2, 0.25) is 0 Å². The van der Waals surface area contributed by atoms with Crippen LogP contribution in [0.1, 0.15) is 13.3 Å². The Morgan fingerprint density at radius 1 is 1.80 bits per heavy atom. The monoisotopic (exact) mass is 108 g/mol. The molecule has 32 valence electrons. The van der Waals surface area contributed by atoms with E-state index in [0.29, 0.717) is 0 Å². The molecule has 5 heavy (non-hydrogen) atoms. The summed E-state index contributed by atoms with van der Waals surface area (Å²) in [5.41, 5.74) is 0. The molecule has 0 N–H and O–H groups in total. The predicted molar refractivity (Wildman–Crippen MR) is 32.5 cm³/mol. The van der Waals surface area contributed by atoms with Crippen molar-refractivity contribution in [1.29, 1.82) is 0 Å². The second-order valence-electron chi connectivity index (χ2n) is 0.908. The molecule has 0 fully saturated rings. The summed E-state index contributed by atoms with van der Waals surface area (Å²) >= 11 is 4.03. The number of thiol groups is 1. The van der Waals surface area contributed by atoms with E-state index < -0.39 is 0 Å². The minimum atomic E-state index is 0.852. The van der Waals surface area contributed by atoms with E-state index in [2.05, 4.69) is 19.2 Å². The average Bonchev–Trinajstić information content (AvgIpc) is 1.41. The number of rotatable bonds is 2. The first-order valence-electron chi connectivity index (χ1n) is 1.78. The van der Waals surface area contributed by atoms with Gasteiger partial charge in [-0.25, -0.2) is 0 Å². The fourth-order valence-corrected chi connectivity index (χ4v) is 1.01. The molecule has 1 unspecified atom stereocenters. The third-order valence-electron chi connectivity index (χ3n) is 0.362. The normalized spacial score (nSPS) is 10.8. The summed E-state index contributed by atoms with van der Waals surface area (Å²) in [4.78, 5) is 0. The largest absolute Gasteiger partial charge is 0.155 e. The lowest BCUT2D eigenvalue weighted by molar-refractivity contribution is 1.11. The van der Waals surface area contributed by atoms with Crippen molar-refractivity contribution < 1.29 is 0 Å². The molecule has 0 spiro atoms. The van der Waals surface area contributed by atoms with Gasteiger partial charge < -0.3 is 0 Å². The summed E-state index contributed by atoms with van der Waals surface area (Å²) in [7, 11) is 0.852. The SMILES string of the molecule is CCCPS. The molecule has 0 saturated heterocycles. The lowest BCUT2D eigenvalue weighted by atomic mass is 10.6. The van der Waals surface area contributed by atoms with E-state index in [9.17, 15) is 0 Å².